The molecule has 1 amide bonds. The van der Waals surface area contributed by atoms with E-state index in [1.807, 2.05) is 0 Å². The van der Waals surface area contributed by atoms with E-state index in [0.29, 0.717) is 5.76 Å². The fourth-order valence-corrected chi connectivity index (χ4v) is 1.90. The molecule has 0 aliphatic carbocycles. The van der Waals surface area contributed by atoms with E-state index in [4.69, 9.17) is 14.4 Å². The number of hydrogen-bond acceptors (Lipinski definition) is 5. The lowest BCUT2D eigenvalue weighted by molar-refractivity contribution is -0.123. The van der Waals surface area contributed by atoms with Gasteiger partial charge in [0, 0.05) is 12.7 Å². The Bertz CT molecular complexity index is 743. The van der Waals surface area contributed by atoms with Gasteiger partial charge in [-0.25, -0.2) is 0 Å². The van der Waals surface area contributed by atoms with Crippen LogP contribution in [0.25, 0.3) is 0 Å². The van der Waals surface area contributed by atoms with Crippen LogP contribution in [0.4, 0.5) is 0 Å². The predicted molar refractivity (Wildman–Crippen MR) is 81.5 cm³/mol. The number of hydrogen-bond donors (Lipinski definition) is 1. The van der Waals surface area contributed by atoms with E-state index in [2.05, 4.69) is 11.4 Å². The fraction of sp³-hybridized carbons (Fsp3) is 0.312. The zero-order valence-electron chi connectivity index (χ0n) is 12.7. The number of ether oxygens (including phenoxy) is 1. The number of carbonyl (C=O) groups excluding carboxylic acids is 1. The molecule has 2 aromatic heterocycles. The molecule has 1 atom stereocenters. The van der Waals surface area contributed by atoms with E-state index < -0.39 is 0 Å². The Balaban J connectivity index is 1.90. The van der Waals surface area contributed by atoms with E-state index >= 15 is 0 Å². The molecule has 0 spiro atoms. The lowest BCUT2D eigenvalue weighted by atomic mass is 10.2. The van der Waals surface area contributed by atoms with Crippen molar-refractivity contribution >= 4 is 5.91 Å². The summed E-state index contributed by atoms with van der Waals surface area (Å²) in [4.78, 5) is 23.9. The fourth-order valence-electron chi connectivity index (χ4n) is 1.90. The van der Waals surface area contributed by atoms with Crippen molar-refractivity contribution in [3.8, 4) is 11.8 Å². The minimum atomic E-state index is -0.367. The maximum atomic E-state index is 12.2. The molecule has 0 bridgehead atoms. The van der Waals surface area contributed by atoms with Crippen LogP contribution in [0.1, 0.15) is 12.7 Å². The van der Waals surface area contributed by atoms with Crippen molar-refractivity contribution in [2.24, 2.45) is 5.92 Å². The van der Waals surface area contributed by atoms with Crippen molar-refractivity contribution in [3.05, 3.63) is 52.8 Å². The largest absolute Gasteiger partial charge is 0.478 e. The van der Waals surface area contributed by atoms with E-state index in [-0.39, 0.29) is 42.8 Å². The van der Waals surface area contributed by atoms with Crippen LogP contribution in [-0.2, 0) is 17.9 Å². The minimum absolute atomic E-state index is 0.0748. The van der Waals surface area contributed by atoms with E-state index in [9.17, 15) is 9.59 Å². The molecular weight excluding hydrogens is 298 g/mol. The number of nitrogens with one attached hydrogen (secondary N) is 1. The second-order valence-corrected chi connectivity index (χ2v) is 5.00. The average molecular weight is 315 g/mol. The van der Waals surface area contributed by atoms with Crippen LogP contribution in [-0.4, -0.2) is 17.1 Å². The normalized spacial score (nSPS) is 11.5. The third-order valence-electron chi connectivity index (χ3n) is 3.07. The van der Waals surface area contributed by atoms with Crippen LogP contribution in [0.5, 0.6) is 5.75 Å². The van der Waals surface area contributed by atoms with Crippen LogP contribution < -0.4 is 15.6 Å². The molecule has 2 aromatic rings. The van der Waals surface area contributed by atoms with E-state index in [1.165, 1.54) is 16.9 Å². The Hall–Kier alpha value is -3.01. The number of rotatable bonds is 7. The highest BCUT2D eigenvalue weighted by molar-refractivity contribution is 5.77. The molecule has 7 nitrogen and oxygen atoms in total. The highest BCUT2D eigenvalue weighted by atomic mass is 16.5. The topological polar surface area (TPSA) is 97.3 Å². The second-order valence-electron chi connectivity index (χ2n) is 5.00. The Morgan fingerprint density at radius 3 is 3.00 bits per heavy atom. The summed E-state index contributed by atoms with van der Waals surface area (Å²) in [7, 11) is 0. The zero-order chi connectivity index (χ0) is 16.7. The van der Waals surface area contributed by atoms with Crippen LogP contribution in [0, 0.1) is 17.2 Å². The van der Waals surface area contributed by atoms with Gasteiger partial charge in [-0.15, -0.1) is 0 Å². The molecule has 0 aliphatic rings. The maximum absolute atomic E-state index is 12.2. The Labute approximate surface area is 133 Å². The summed E-state index contributed by atoms with van der Waals surface area (Å²) in [6, 6.07) is 8.68. The van der Waals surface area contributed by atoms with Crippen molar-refractivity contribution in [2.75, 3.05) is 6.61 Å². The molecule has 0 aromatic carbocycles. The first-order valence-corrected chi connectivity index (χ1v) is 7.11. The third kappa shape index (κ3) is 4.74. The van der Waals surface area contributed by atoms with Gasteiger partial charge in [0.25, 0.3) is 11.5 Å². The smallest absolute Gasteiger partial charge is 0.292 e. The van der Waals surface area contributed by atoms with Crippen LogP contribution >= 0.6 is 0 Å². The summed E-state index contributed by atoms with van der Waals surface area (Å²) < 4.78 is 11.8. The van der Waals surface area contributed by atoms with Crippen molar-refractivity contribution in [1.29, 1.82) is 5.26 Å². The standard InChI is InChI=1S/C16H17N3O4/c1-12(8-17)10-19-6-2-5-14(16(19)21)23-11-15(20)18-9-13-4-3-7-22-13/h2-7,12H,9-11H2,1H3,(H,18,20). The van der Waals surface area contributed by atoms with Gasteiger partial charge in [-0.2, -0.15) is 5.26 Å². The molecule has 120 valence electrons. The summed E-state index contributed by atoms with van der Waals surface area (Å²) >= 11 is 0. The molecule has 0 saturated heterocycles. The summed E-state index contributed by atoms with van der Waals surface area (Å²) in [6.45, 7) is 1.99. The lowest BCUT2D eigenvalue weighted by Crippen LogP contribution is -2.30. The molecular formula is C16H17N3O4. The van der Waals surface area contributed by atoms with Gasteiger partial charge in [0.2, 0.25) is 0 Å². The highest BCUT2D eigenvalue weighted by Gasteiger charge is 2.09. The first-order valence-electron chi connectivity index (χ1n) is 7.11. The number of aromatic nitrogens is 1. The summed E-state index contributed by atoms with van der Waals surface area (Å²) in [6.07, 6.45) is 3.10. The van der Waals surface area contributed by atoms with Crippen LogP contribution in [0.3, 0.4) is 0 Å². The monoisotopic (exact) mass is 315 g/mol. The average Bonchev–Trinajstić information content (AvgIpc) is 3.07. The van der Waals surface area contributed by atoms with Gasteiger partial charge in [0.15, 0.2) is 12.4 Å². The summed E-state index contributed by atoms with van der Waals surface area (Å²) in [5.74, 6) is 0.0536. The molecule has 0 fully saturated rings. The molecule has 0 radical (unpaired) electrons. The van der Waals surface area contributed by atoms with Gasteiger partial charge in [0.05, 0.1) is 24.8 Å². The van der Waals surface area contributed by atoms with E-state index in [0.717, 1.165) is 0 Å². The van der Waals surface area contributed by atoms with Gasteiger partial charge >= 0.3 is 0 Å². The summed E-state index contributed by atoms with van der Waals surface area (Å²) in [5, 5.41) is 11.4. The first kappa shape index (κ1) is 16.4. The van der Waals surface area contributed by atoms with Crippen molar-refractivity contribution in [2.45, 2.75) is 20.0 Å². The van der Waals surface area contributed by atoms with Gasteiger partial charge < -0.3 is 19.0 Å². The number of pyridine rings is 1. The Morgan fingerprint density at radius 2 is 2.30 bits per heavy atom. The van der Waals surface area contributed by atoms with Crippen LogP contribution in [0.15, 0.2) is 45.9 Å². The van der Waals surface area contributed by atoms with Crippen molar-refractivity contribution in [1.82, 2.24) is 9.88 Å². The highest BCUT2D eigenvalue weighted by Crippen LogP contribution is 2.04. The third-order valence-corrected chi connectivity index (χ3v) is 3.07. The zero-order valence-corrected chi connectivity index (χ0v) is 12.7. The number of carbonyl (C=O) groups is 1. The van der Waals surface area contributed by atoms with Gasteiger partial charge in [-0.3, -0.25) is 9.59 Å². The first-order chi connectivity index (χ1) is 11.1. The number of furan rings is 1. The van der Waals surface area contributed by atoms with Gasteiger partial charge in [-0.1, -0.05) is 0 Å². The number of nitriles is 1. The predicted octanol–water partition coefficient (Wildman–Crippen LogP) is 1.30. The molecule has 1 N–H and O–H groups in total. The molecule has 0 saturated carbocycles. The SMILES string of the molecule is CC(C#N)Cn1cccc(OCC(=O)NCc2ccco2)c1=O. The molecule has 2 rings (SSSR count). The minimum Gasteiger partial charge on any atom is -0.478 e. The van der Waals surface area contributed by atoms with Crippen molar-refractivity contribution in [3.63, 3.8) is 0 Å². The molecule has 1 unspecified atom stereocenters. The quantitative estimate of drug-likeness (QED) is 0.830. The molecule has 2 heterocycles. The van der Waals surface area contributed by atoms with Crippen molar-refractivity contribution < 1.29 is 13.9 Å². The Morgan fingerprint density at radius 1 is 1.48 bits per heavy atom. The summed E-state index contributed by atoms with van der Waals surface area (Å²) in [5.41, 5.74) is -0.367. The number of nitrogens with zero attached hydrogens (tertiary/aromatic N) is 2. The maximum Gasteiger partial charge on any atom is 0.292 e. The number of amides is 1. The molecule has 0 aliphatic heterocycles. The second kappa shape index (κ2) is 7.84. The van der Waals surface area contributed by atoms with E-state index in [1.54, 1.807) is 31.3 Å². The Kier molecular flexibility index (Phi) is 5.58. The lowest BCUT2D eigenvalue weighted by Gasteiger charge is -2.10. The van der Waals surface area contributed by atoms with Gasteiger partial charge in [0.1, 0.15) is 5.76 Å². The van der Waals surface area contributed by atoms with Gasteiger partial charge in [-0.05, 0) is 31.2 Å². The molecule has 7 heteroatoms. The molecule has 23 heavy (non-hydrogen) atoms. The van der Waals surface area contributed by atoms with Crippen LogP contribution in [0.2, 0.25) is 0 Å².